The maximum Gasteiger partial charge on any atom is 0.0410 e. The van der Waals surface area contributed by atoms with E-state index in [1.165, 1.54) is 30.5 Å². The van der Waals surface area contributed by atoms with Crippen molar-refractivity contribution in [2.24, 2.45) is 11.7 Å². The Balaban J connectivity index is 2.20. The lowest BCUT2D eigenvalue weighted by Crippen LogP contribution is -2.25. The number of hydrogen-bond donors (Lipinski definition) is 1. The fourth-order valence-electron chi connectivity index (χ4n) is 2.72. The summed E-state index contributed by atoms with van der Waals surface area (Å²) in [4.78, 5) is 2.50. The molecule has 1 aromatic rings. The lowest BCUT2D eigenvalue weighted by molar-refractivity contribution is 0.521. The van der Waals surface area contributed by atoms with Crippen molar-refractivity contribution in [3.05, 3.63) is 28.8 Å². The molecule has 2 N–H and O–H groups in total. The van der Waals surface area contributed by atoms with Crippen LogP contribution in [0.3, 0.4) is 0 Å². The highest BCUT2D eigenvalue weighted by Crippen LogP contribution is 2.28. The molecule has 1 heterocycles. The molecular weight excluding hydrogens is 244 g/mol. The molecule has 1 aromatic carbocycles. The third kappa shape index (κ3) is 3.39. The monoisotopic (exact) mass is 266 g/mol. The van der Waals surface area contributed by atoms with Crippen molar-refractivity contribution in [1.82, 2.24) is 0 Å². The van der Waals surface area contributed by atoms with E-state index in [9.17, 15) is 0 Å². The Morgan fingerprint density at radius 3 is 2.94 bits per heavy atom. The molecule has 3 heteroatoms. The maximum absolute atomic E-state index is 6.09. The zero-order valence-electron chi connectivity index (χ0n) is 11.2. The zero-order chi connectivity index (χ0) is 13.0. The third-order valence-electron chi connectivity index (χ3n) is 3.81. The molecule has 100 valence electrons. The van der Waals surface area contributed by atoms with Crippen LogP contribution >= 0.6 is 11.6 Å². The average Bonchev–Trinajstić information content (AvgIpc) is 2.55. The fraction of sp³-hybridized carbons (Fsp3) is 0.600. The predicted molar refractivity (Wildman–Crippen MR) is 79.4 cm³/mol. The SMILES string of the molecule is CC1CCCN(c2ccc(Cl)cc2CCN)CC1. The first-order valence-corrected chi connectivity index (χ1v) is 7.32. The van der Waals surface area contributed by atoms with Crippen molar-refractivity contribution in [2.45, 2.75) is 32.6 Å². The van der Waals surface area contributed by atoms with Gasteiger partial charge >= 0.3 is 0 Å². The Bertz CT molecular complexity index is 392. The van der Waals surface area contributed by atoms with Crippen molar-refractivity contribution >= 4 is 17.3 Å². The van der Waals surface area contributed by atoms with Crippen molar-refractivity contribution in [3.63, 3.8) is 0 Å². The number of halogens is 1. The minimum Gasteiger partial charge on any atom is -0.371 e. The molecule has 2 nitrogen and oxygen atoms in total. The van der Waals surface area contributed by atoms with Gasteiger partial charge in [-0.3, -0.25) is 0 Å². The highest BCUT2D eigenvalue weighted by Gasteiger charge is 2.16. The Labute approximate surface area is 115 Å². The van der Waals surface area contributed by atoms with Gasteiger partial charge in [-0.2, -0.15) is 0 Å². The Morgan fingerprint density at radius 2 is 2.17 bits per heavy atom. The van der Waals surface area contributed by atoms with E-state index in [0.29, 0.717) is 6.54 Å². The lowest BCUT2D eigenvalue weighted by Gasteiger charge is -2.25. The second kappa shape index (κ2) is 6.44. The van der Waals surface area contributed by atoms with Gasteiger partial charge in [-0.25, -0.2) is 0 Å². The first-order valence-electron chi connectivity index (χ1n) is 6.94. The summed E-state index contributed by atoms with van der Waals surface area (Å²) in [6.45, 7) is 5.34. The highest BCUT2D eigenvalue weighted by molar-refractivity contribution is 6.30. The number of hydrogen-bond acceptors (Lipinski definition) is 2. The molecule has 1 unspecified atom stereocenters. The summed E-state index contributed by atoms with van der Waals surface area (Å²) in [5.41, 5.74) is 8.32. The molecule has 0 bridgehead atoms. The molecule has 0 aromatic heterocycles. The van der Waals surface area contributed by atoms with Crippen molar-refractivity contribution in [3.8, 4) is 0 Å². The van der Waals surface area contributed by atoms with Crippen LogP contribution in [-0.2, 0) is 6.42 Å². The first-order chi connectivity index (χ1) is 8.70. The van der Waals surface area contributed by atoms with Gasteiger partial charge in [0.1, 0.15) is 0 Å². The Hall–Kier alpha value is -0.730. The summed E-state index contributed by atoms with van der Waals surface area (Å²) < 4.78 is 0. The topological polar surface area (TPSA) is 29.3 Å². The lowest BCUT2D eigenvalue weighted by atomic mass is 10.0. The van der Waals surface area contributed by atoms with Gasteiger partial charge in [0.05, 0.1) is 0 Å². The first kappa shape index (κ1) is 13.7. The molecule has 0 aliphatic carbocycles. The standard InChI is InChI=1S/C15H23ClN2/c1-12-3-2-9-18(10-7-12)15-5-4-14(16)11-13(15)6-8-17/h4-5,11-12H,2-3,6-10,17H2,1H3. The fourth-order valence-corrected chi connectivity index (χ4v) is 2.92. The molecule has 0 spiro atoms. The quantitative estimate of drug-likeness (QED) is 0.908. The van der Waals surface area contributed by atoms with E-state index < -0.39 is 0 Å². The second-order valence-electron chi connectivity index (χ2n) is 5.33. The predicted octanol–water partition coefficient (Wildman–Crippen LogP) is 3.47. The maximum atomic E-state index is 6.09. The molecule has 1 fully saturated rings. The van der Waals surface area contributed by atoms with Gasteiger partial charge in [0.2, 0.25) is 0 Å². The van der Waals surface area contributed by atoms with Gasteiger partial charge in [0.25, 0.3) is 0 Å². The van der Waals surface area contributed by atoms with E-state index in [1.54, 1.807) is 0 Å². The molecule has 2 rings (SSSR count). The van der Waals surface area contributed by atoms with Gasteiger partial charge in [-0.15, -0.1) is 0 Å². The Kier molecular flexibility index (Phi) is 4.90. The van der Waals surface area contributed by atoms with Gasteiger partial charge in [0.15, 0.2) is 0 Å². The van der Waals surface area contributed by atoms with E-state index in [1.807, 2.05) is 6.07 Å². The molecule has 0 radical (unpaired) electrons. The van der Waals surface area contributed by atoms with Crippen molar-refractivity contribution in [1.29, 1.82) is 0 Å². The van der Waals surface area contributed by atoms with Gasteiger partial charge in [-0.1, -0.05) is 18.5 Å². The molecule has 18 heavy (non-hydrogen) atoms. The van der Waals surface area contributed by atoms with E-state index >= 15 is 0 Å². The zero-order valence-corrected chi connectivity index (χ0v) is 11.9. The number of nitrogens with two attached hydrogens (primary N) is 1. The summed E-state index contributed by atoms with van der Waals surface area (Å²) in [6, 6.07) is 6.21. The summed E-state index contributed by atoms with van der Waals surface area (Å²) >= 11 is 6.09. The third-order valence-corrected chi connectivity index (χ3v) is 4.05. The van der Waals surface area contributed by atoms with E-state index in [4.69, 9.17) is 17.3 Å². The van der Waals surface area contributed by atoms with E-state index in [2.05, 4.69) is 24.0 Å². The van der Waals surface area contributed by atoms with Crippen LogP contribution in [-0.4, -0.2) is 19.6 Å². The summed E-state index contributed by atoms with van der Waals surface area (Å²) in [5.74, 6) is 0.847. The molecular formula is C15H23ClN2. The van der Waals surface area contributed by atoms with Crippen LogP contribution in [0.15, 0.2) is 18.2 Å². The van der Waals surface area contributed by atoms with E-state index in [0.717, 1.165) is 30.5 Å². The van der Waals surface area contributed by atoms with Crippen LogP contribution in [0.2, 0.25) is 5.02 Å². The Morgan fingerprint density at radius 1 is 1.33 bits per heavy atom. The van der Waals surface area contributed by atoms with Crippen LogP contribution in [0.5, 0.6) is 0 Å². The largest absolute Gasteiger partial charge is 0.371 e. The van der Waals surface area contributed by atoms with Crippen LogP contribution in [0.1, 0.15) is 31.7 Å². The minimum atomic E-state index is 0.678. The van der Waals surface area contributed by atoms with E-state index in [-0.39, 0.29) is 0 Å². The molecule has 1 saturated heterocycles. The number of anilines is 1. The number of benzene rings is 1. The average molecular weight is 267 g/mol. The minimum absolute atomic E-state index is 0.678. The smallest absolute Gasteiger partial charge is 0.0410 e. The molecule has 1 aliphatic rings. The van der Waals surface area contributed by atoms with Crippen LogP contribution in [0, 0.1) is 5.92 Å². The summed E-state index contributed by atoms with van der Waals surface area (Å²) in [6.07, 6.45) is 4.81. The van der Waals surface area contributed by atoms with Gasteiger partial charge in [-0.05, 0) is 61.9 Å². The molecule has 1 aliphatic heterocycles. The highest BCUT2D eigenvalue weighted by atomic mass is 35.5. The van der Waals surface area contributed by atoms with Crippen LogP contribution in [0.4, 0.5) is 5.69 Å². The van der Waals surface area contributed by atoms with Crippen LogP contribution in [0.25, 0.3) is 0 Å². The normalized spacial score (nSPS) is 20.8. The van der Waals surface area contributed by atoms with Crippen molar-refractivity contribution in [2.75, 3.05) is 24.5 Å². The molecule has 1 atom stereocenters. The van der Waals surface area contributed by atoms with Crippen molar-refractivity contribution < 1.29 is 0 Å². The second-order valence-corrected chi connectivity index (χ2v) is 5.77. The summed E-state index contributed by atoms with van der Waals surface area (Å²) in [7, 11) is 0. The summed E-state index contributed by atoms with van der Waals surface area (Å²) in [5, 5.41) is 0.811. The van der Waals surface area contributed by atoms with Crippen LogP contribution < -0.4 is 10.6 Å². The molecule has 0 amide bonds. The van der Waals surface area contributed by atoms with Gasteiger partial charge < -0.3 is 10.6 Å². The number of nitrogens with zero attached hydrogens (tertiary/aromatic N) is 1. The number of rotatable bonds is 3. The van der Waals surface area contributed by atoms with Gasteiger partial charge in [0, 0.05) is 23.8 Å². The molecule has 0 saturated carbocycles.